The Hall–Kier alpha value is -1.36. The summed E-state index contributed by atoms with van der Waals surface area (Å²) in [5, 5.41) is 5.54. The highest BCUT2D eigenvalue weighted by Crippen LogP contribution is 2.17. The van der Waals surface area contributed by atoms with E-state index < -0.39 is 4.32 Å². The van der Waals surface area contributed by atoms with E-state index in [1.165, 1.54) is 5.56 Å². The molecule has 0 aliphatic carbocycles. The molecule has 2 amide bonds. The summed E-state index contributed by atoms with van der Waals surface area (Å²) in [6.07, 6.45) is 0.251. The van der Waals surface area contributed by atoms with Crippen LogP contribution in [0, 0.1) is 0 Å². The first-order valence-corrected chi connectivity index (χ1v) is 7.86. The standard InChI is InChI=1S/C16H23BrN2O2/c1-11(2)12-5-7-13(8-6-12)19-14(20)9-10-18-15(21)16(3,4)17/h5-8,11H,9-10H2,1-4H3,(H,18,21)(H,19,20). The molecule has 0 heterocycles. The van der Waals surface area contributed by atoms with Crippen LogP contribution >= 0.6 is 15.9 Å². The van der Waals surface area contributed by atoms with Crippen molar-refractivity contribution in [3.8, 4) is 0 Å². The molecule has 0 aliphatic heterocycles. The fourth-order valence-electron chi connectivity index (χ4n) is 1.67. The summed E-state index contributed by atoms with van der Waals surface area (Å²) >= 11 is 3.27. The lowest BCUT2D eigenvalue weighted by molar-refractivity contribution is -0.122. The molecular formula is C16H23BrN2O2. The van der Waals surface area contributed by atoms with Gasteiger partial charge >= 0.3 is 0 Å². The third-order valence-electron chi connectivity index (χ3n) is 3.04. The van der Waals surface area contributed by atoms with Gasteiger partial charge < -0.3 is 10.6 Å². The fourth-order valence-corrected chi connectivity index (χ4v) is 1.81. The number of hydrogen-bond acceptors (Lipinski definition) is 2. The van der Waals surface area contributed by atoms with E-state index in [2.05, 4.69) is 40.4 Å². The van der Waals surface area contributed by atoms with Gasteiger partial charge in [-0.2, -0.15) is 0 Å². The number of hydrogen-bond donors (Lipinski definition) is 2. The summed E-state index contributed by atoms with van der Waals surface area (Å²) < 4.78 is -0.615. The number of benzene rings is 1. The van der Waals surface area contributed by atoms with Crippen LogP contribution in [0.4, 0.5) is 5.69 Å². The molecule has 0 atom stereocenters. The van der Waals surface area contributed by atoms with E-state index in [-0.39, 0.29) is 18.2 Å². The van der Waals surface area contributed by atoms with Crippen LogP contribution in [0.2, 0.25) is 0 Å². The zero-order chi connectivity index (χ0) is 16.0. The summed E-state index contributed by atoms with van der Waals surface area (Å²) in [5.74, 6) is 0.231. The van der Waals surface area contributed by atoms with E-state index in [4.69, 9.17) is 0 Å². The Labute approximate surface area is 134 Å². The van der Waals surface area contributed by atoms with Crippen molar-refractivity contribution in [1.82, 2.24) is 5.32 Å². The Morgan fingerprint density at radius 2 is 1.76 bits per heavy atom. The van der Waals surface area contributed by atoms with Crippen LogP contribution in [0.5, 0.6) is 0 Å². The molecule has 0 spiro atoms. The van der Waals surface area contributed by atoms with Crippen molar-refractivity contribution in [3.63, 3.8) is 0 Å². The zero-order valence-electron chi connectivity index (χ0n) is 13.0. The van der Waals surface area contributed by atoms with Crippen LogP contribution in [0.25, 0.3) is 0 Å². The van der Waals surface area contributed by atoms with Gasteiger partial charge in [0.05, 0.1) is 4.32 Å². The summed E-state index contributed by atoms with van der Waals surface area (Å²) in [5.41, 5.74) is 2.01. The first-order valence-electron chi connectivity index (χ1n) is 7.07. The van der Waals surface area contributed by atoms with Crippen LogP contribution in [-0.4, -0.2) is 22.7 Å². The molecule has 116 valence electrons. The Balaban J connectivity index is 2.39. The number of carbonyl (C=O) groups is 2. The van der Waals surface area contributed by atoms with E-state index in [0.29, 0.717) is 12.5 Å². The summed E-state index contributed by atoms with van der Waals surface area (Å²) in [6.45, 7) is 8.10. The fraction of sp³-hybridized carbons (Fsp3) is 0.500. The average Bonchev–Trinajstić information content (AvgIpc) is 2.38. The number of alkyl halides is 1. The van der Waals surface area contributed by atoms with Gasteiger partial charge in [0.1, 0.15) is 0 Å². The molecule has 0 fully saturated rings. The highest BCUT2D eigenvalue weighted by atomic mass is 79.9. The monoisotopic (exact) mass is 354 g/mol. The van der Waals surface area contributed by atoms with E-state index >= 15 is 0 Å². The second-order valence-electron chi connectivity index (χ2n) is 5.80. The predicted molar refractivity (Wildman–Crippen MR) is 89.8 cm³/mol. The molecule has 0 saturated carbocycles. The lowest BCUT2D eigenvalue weighted by Crippen LogP contribution is -2.38. The molecule has 1 aromatic carbocycles. The molecule has 1 rings (SSSR count). The van der Waals surface area contributed by atoms with Crippen LogP contribution in [-0.2, 0) is 9.59 Å². The molecule has 0 saturated heterocycles. The number of amides is 2. The first kappa shape index (κ1) is 17.7. The van der Waals surface area contributed by atoms with Crippen molar-refractivity contribution in [2.75, 3.05) is 11.9 Å². The Kier molecular flexibility index (Phi) is 6.40. The molecule has 21 heavy (non-hydrogen) atoms. The second-order valence-corrected chi connectivity index (χ2v) is 7.79. The van der Waals surface area contributed by atoms with Crippen molar-refractivity contribution in [3.05, 3.63) is 29.8 Å². The smallest absolute Gasteiger partial charge is 0.236 e. The SMILES string of the molecule is CC(C)c1ccc(NC(=O)CCNC(=O)C(C)(C)Br)cc1. The maximum Gasteiger partial charge on any atom is 0.236 e. The summed E-state index contributed by atoms with van der Waals surface area (Å²) in [4.78, 5) is 23.4. The van der Waals surface area contributed by atoms with Gasteiger partial charge in [-0.1, -0.05) is 41.9 Å². The third-order valence-corrected chi connectivity index (χ3v) is 3.40. The molecular weight excluding hydrogens is 332 g/mol. The Morgan fingerprint density at radius 3 is 2.24 bits per heavy atom. The summed E-state index contributed by atoms with van der Waals surface area (Å²) in [7, 11) is 0. The van der Waals surface area contributed by atoms with Crippen molar-refractivity contribution in [2.45, 2.75) is 44.4 Å². The molecule has 2 N–H and O–H groups in total. The molecule has 0 radical (unpaired) electrons. The number of rotatable bonds is 6. The average molecular weight is 355 g/mol. The van der Waals surface area contributed by atoms with Gasteiger partial charge in [-0.3, -0.25) is 9.59 Å². The van der Waals surface area contributed by atoms with Crippen molar-refractivity contribution in [1.29, 1.82) is 0 Å². The van der Waals surface area contributed by atoms with Gasteiger partial charge in [0, 0.05) is 18.7 Å². The molecule has 4 nitrogen and oxygen atoms in total. The zero-order valence-corrected chi connectivity index (χ0v) is 14.6. The molecule has 1 aromatic rings. The van der Waals surface area contributed by atoms with Gasteiger partial charge in [-0.25, -0.2) is 0 Å². The maximum atomic E-state index is 11.8. The number of carbonyl (C=O) groups excluding carboxylic acids is 2. The molecule has 0 unspecified atom stereocenters. The van der Waals surface area contributed by atoms with Crippen molar-refractivity contribution >= 4 is 33.4 Å². The number of nitrogens with one attached hydrogen (secondary N) is 2. The predicted octanol–water partition coefficient (Wildman–Crippen LogP) is 3.43. The molecule has 0 aromatic heterocycles. The van der Waals surface area contributed by atoms with Gasteiger partial charge in [0.15, 0.2) is 0 Å². The Morgan fingerprint density at radius 1 is 1.19 bits per heavy atom. The Bertz CT molecular complexity index is 490. The van der Waals surface area contributed by atoms with Gasteiger partial charge in [0.2, 0.25) is 11.8 Å². The van der Waals surface area contributed by atoms with E-state index in [0.717, 1.165) is 5.69 Å². The minimum atomic E-state index is -0.615. The second kappa shape index (κ2) is 7.59. The van der Waals surface area contributed by atoms with Crippen molar-refractivity contribution in [2.24, 2.45) is 0 Å². The van der Waals surface area contributed by atoms with Crippen LogP contribution in [0.3, 0.4) is 0 Å². The van der Waals surface area contributed by atoms with Crippen LogP contribution in [0.1, 0.15) is 45.6 Å². The molecule has 0 bridgehead atoms. The minimum absolute atomic E-state index is 0.111. The van der Waals surface area contributed by atoms with Crippen LogP contribution in [0.15, 0.2) is 24.3 Å². The molecule has 0 aliphatic rings. The normalized spacial score (nSPS) is 11.3. The van der Waals surface area contributed by atoms with Crippen LogP contribution < -0.4 is 10.6 Å². The lowest BCUT2D eigenvalue weighted by Gasteiger charge is -2.15. The highest BCUT2D eigenvalue weighted by Gasteiger charge is 2.22. The largest absolute Gasteiger partial charge is 0.354 e. The topological polar surface area (TPSA) is 58.2 Å². The van der Waals surface area contributed by atoms with Gasteiger partial charge in [-0.15, -0.1) is 0 Å². The van der Waals surface area contributed by atoms with Crippen molar-refractivity contribution < 1.29 is 9.59 Å². The molecule has 5 heteroatoms. The number of halogens is 1. The first-order chi connectivity index (χ1) is 9.70. The van der Waals surface area contributed by atoms with E-state index in [9.17, 15) is 9.59 Å². The van der Waals surface area contributed by atoms with E-state index in [1.807, 2.05) is 24.3 Å². The summed E-state index contributed by atoms with van der Waals surface area (Å²) in [6, 6.07) is 7.81. The van der Waals surface area contributed by atoms with E-state index in [1.54, 1.807) is 13.8 Å². The maximum absolute atomic E-state index is 11.8. The van der Waals surface area contributed by atoms with Gasteiger partial charge in [0.25, 0.3) is 0 Å². The quantitative estimate of drug-likeness (QED) is 0.768. The third kappa shape index (κ3) is 6.29. The van der Waals surface area contributed by atoms with Gasteiger partial charge in [-0.05, 0) is 37.5 Å². The highest BCUT2D eigenvalue weighted by molar-refractivity contribution is 9.10. The minimum Gasteiger partial charge on any atom is -0.354 e. The number of anilines is 1. The lowest BCUT2D eigenvalue weighted by atomic mass is 10.0.